The summed E-state index contributed by atoms with van der Waals surface area (Å²) in [6.45, 7) is 2.47. The Labute approximate surface area is 203 Å². The number of non-ortho nitro benzene ring substituents is 2. The maximum absolute atomic E-state index is 12.9. The van der Waals surface area contributed by atoms with Gasteiger partial charge in [0.2, 0.25) is 11.8 Å². The highest BCUT2D eigenvalue weighted by Gasteiger charge is 2.25. The van der Waals surface area contributed by atoms with Gasteiger partial charge < -0.3 is 10.6 Å². The van der Waals surface area contributed by atoms with Crippen molar-refractivity contribution in [3.63, 3.8) is 0 Å². The van der Waals surface area contributed by atoms with Crippen LogP contribution in [0.2, 0.25) is 0 Å². The van der Waals surface area contributed by atoms with Gasteiger partial charge in [-0.05, 0) is 24.3 Å². The van der Waals surface area contributed by atoms with Crippen LogP contribution in [0.15, 0.2) is 48.5 Å². The molecule has 2 atom stereocenters. The summed E-state index contributed by atoms with van der Waals surface area (Å²) in [4.78, 5) is 69.4. The minimum Gasteiger partial charge on any atom is -0.345 e. The third-order valence-corrected chi connectivity index (χ3v) is 5.82. The Kier molecular flexibility index (Phi) is 9.58. The van der Waals surface area contributed by atoms with Gasteiger partial charge in [-0.3, -0.25) is 39.4 Å². The molecule has 0 aliphatic heterocycles. The highest BCUT2D eigenvalue weighted by Crippen LogP contribution is 2.18. The number of rotatable bonds is 12. The molecule has 0 bridgehead atoms. The van der Waals surface area contributed by atoms with Crippen molar-refractivity contribution in [3.05, 3.63) is 79.9 Å². The van der Waals surface area contributed by atoms with Crippen molar-refractivity contribution in [3.8, 4) is 0 Å². The number of hydrogen-bond donors (Lipinski definition) is 2. The first kappa shape index (κ1) is 27.1. The van der Waals surface area contributed by atoms with Gasteiger partial charge >= 0.3 is 0 Å². The number of hydrogen-bond acceptors (Lipinski definition) is 9. The van der Waals surface area contributed by atoms with E-state index in [1.165, 1.54) is 62.4 Å². The van der Waals surface area contributed by atoms with Crippen molar-refractivity contribution in [2.45, 2.75) is 25.9 Å². The molecule has 0 fully saturated rings. The maximum Gasteiger partial charge on any atom is 0.269 e. The quantitative estimate of drug-likeness (QED) is 0.250. The lowest BCUT2D eigenvalue weighted by Gasteiger charge is -2.20. The van der Waals surface area contributed by atoms with Gasteiger partial charge in [-0.2, -0.15) is 11.8 Å². The average molecular weight is 503 g/mol. The molecule has 35 heavy (non-hydrogen) atoms. The fourth-order valence-electron chi connectivity index (χ4n) is 3.06. The van der Waals surface area contributed by atoms with Gasteiger partial charge in [-0.15, -0.1) is 0 Å². The molecule has 184 valence electrons. The SMILES string of the molecule is CC(=O)NC(CSCC(NC(C)=O)C(=O)c1ccc([N+](=O)[O-])cc1)C(=O)c1ccc([N+](=O)[O-])cc1. The first-order valence-electron chi connectivity index (χ1n) is 10.2. The summed E-state index contributed by atoms with van der Waals surface area (Å²) in [5.74, 6) is -1.77. The molecule has 2 aromatic carbocycles. The molecule has 0 aliphatic carbocycles. The third kappa shape index (κ3) is 7.99. The Bertz CT molecular complexity index is 1050. The first-order valence-corrected chi connectivity index (χ1v) is 11.3. The molecule has 2 unspecified atom stereocenters. The number of carbonyl (C=O) groups excluding carboxylic acids is 4. The lowest BCUT2D eigenvalue weighted by molar-refractivity contribution is -0.385. The van der Waals surface area contributed by atoms with Crippen molar-refractivity contribution in [2.24, 2.45) is 0 Å². The summed E-state index contributed by atoms with van der Waals surface area (Å²) in [7, 11) is 0. The van der Waals surface area contributed by atoms with Crippen LogP contribution < -0.4 is 10.6 Å². The Morgan fingerprint density at radius 2 is 1.03 bits per heavy atom. The van der Waals surface area contributed by atoms with E-state index in [1.807, 2.05) is 0 Å². The van der Waals surface area contributed by atoms with E-state index in [2.05, 4.69) is 10.6 Å². The van der Waals surface area contributed by atoms with Crippen LogP contribution in [-0.4, -0.2) is 56.8 Å². The lowest BCUT2D eigenvalue weighted by atomic mass is 10.0. The van der Waals surface area contributed by atoms with E-state index in [-0.39, 0.29) is 34.0 Å². The number of carbonyl (C=O) groups is 4. The third-order valence-electron chi connectivity index (χ3n) is 4.68. The highest BCUT2D eigenvalue weighted by molar-refractivity contribution is 7.99. The van der Waals surface area contributed by atoms with Crippen LogP contribution >= 0.6 is 11.8 Å². The maximum atomic E-state index is 12.9. The molecule has 0 aliphatic rings. The summed E-state index contributed by atoms with van der Waals surface area (Å²) in [6.07, 6.45) is 0. The van der Waals surface area contributed by atoms with E-state index in [9.17, 15) is 39.4 Å². The molecule has 2 amide bonds. The predicted octanol–water partition coefficient (Wildman–Crippen LogP) is 2.31. The summed E-state index contributed by atoms with van der Waals surface area (Å²) in [5, 5.41) is 26.7. The monoisotopic (exact) mass is 502 g/mol. The standard InChI is InChI=1S/C22H22N4O8S/c1-13(27)23-19(21(29)15-3-7-17(8-4-15)25(31)32)11-35-12-20(24-14(2)28)22(30)16-5-9-18(10-6-16)26(33)34/h3-10,19-20H,11-12H2,1-2H3,(H,23,27)(H,24,28). The van der Waals surface area contributed by atoms with Crippen LogP contribution in [0.4, 0.5) is 11.4 Å². The molecule has 0 aromatic heterocycles. The zero-order valence-electron chi connectivity index (χ0n) is 18.8. The largest absolute Gasteiger partial charge is 0.345 e. The lowest BCUT2D eigenvalue weighted by Crippen LogP contribution is -2.44. The number of Topliss-reactive ketones (excluding diaryl/α,β-unsaturated/α-hetero) is 2. The van der Waals surface area contributed by atoms with Gasteiger partial charge in [0, 0.05) is 60.7 Å². The van der Waals surface area contributed by atoms with Crippen LogP contribution in [0.5, 0.6) is 0 Å². The van der Waals surface area contributed by atoms with Crippen molar-refractivity contribution in [2.75, 3.05) is 11.5 Å². The number of thioether (sulfide) groups is 1. The fourth-order valence-corrected chi connectivity index (χ4v) is 4.13. The van der Waals surface area contributed by atoms with E-state index in [0.717, 1.165) is 11.8 Å². The Hall–Kier alpha value is -4.13. The Morgan fingerprint density at radius 3 is 1.29 bits per heavy atom. The molecule has 13 heteroatoms. The summed E-state index contributed by atoms with van der Waals surface area (Å²) in [6, 6.07) is 7.92. The van der Waals surface area contributed by atoms with Gasteiger partial charge in [0.05, 0.1) is 9.85 Å². The van der Waals surface area contributed by atoms with Gasteiger partial charge in [-0.1, -0.05) is 0 Å². The minimum absolute atomic E-state index is 0.0546. The number of amides is 2. The number of nitrogens with one attached hydrogen (secondary N) is 2. The number of nitro groups is 2. The Balaban J connectivity index is 2.12. The molecule has 0 saturated carbocycles. The predicted molar refractivity (Wildman–Crippen MR) is 127 cm³/mol. The number of ketones is 2. The van der Waals surface area contributed by atoms with Gasteiger partial charge in [0.1, 0.15) is 12.1 Å². The van der Waals surface area contributed by atoms with E-state index < -0.39 is 45.3 Å². The first-order chi connectivity index (χ1) is 16.5. The average Bonchev–Trinajstić information content (AvgIpc) is 2.81. The van der Waals surface area contributed by atoms with Crippen molar-refractivity contribution in [1.82, 2.24) is 10.6 Å². The van der Waals surface area contributed by atoms with Gasteiger partial charge in [0.15, 0.2) is 11.6 Å². The van der Waals surface area contributed by atoms with E-state index in [4.69, 9.17) is 0 Å². The molecule has 0 saturated heterocycles. The van der Waals surface area contributed by atoms with Gasteiger partial charge in [0.25, 0.3) is 11.4 Å². The molecule has 12 nitrogen and oxygen atoms in total. The topological polar surface area (TPSA) is 179 Å². The summed E-state index contributed by atoms with van der Waals surface area (Å²) in [5.41, 5.74) is -0.0459. The molecule has 0 heterocycles. The smallest absolute Gasteiger partial charge is 0.269 e. The van der Waals surface area contributed by atoms with Crippen molar-refractivity contribution < 1.29 is 29.0 Å². The minimum atomic E-state index is -0.980. The zero-order valence-corrected chi connectivity index (χ0v) is 19.6. The molecular formula is C22H22N4O8S. The van der Waals surface area contributed by atoms with E-state index in [1.54, 1.807) is 0 Å². The Morgan fingerprint density at radius 1 is 0.714 bits per heavy atom. The van der Waals surface area contributed by atoms with E-state index >= 15 is 0 Å². The molecule has 0 spiro atoms. The second-order valence-electron chi connectivity index (χ2n) is 7.38. The van der Waals surface area contributed by atoms with Crippen LogP contribution in [0.25, 0.3) is 0 Å². The zero-order chi connectivity index (χ0) is 26.1. The number of nitrogens with zero attached hydrogens (tertiary/aromatic N) is 2. The fraction of sp³-hybridized carbons (Fsp3) is 0.273. The van der Waals surface area contributed by atoms with Gasteiger partial charge in [-0.25, -0.2) is 0 Å². The van der Waals surface area contributed by atoms with E-state index in [0.29, 0.717) is 0 Å². The van der Waals surface area contributed by atoms with Crippen LogP contribution in [0.1, 0.15) is 34.6 Å². The normalized spacial score (nSPS) is 12.2. The highest BCUT2D eigenvalue weighted by atomic mass is 32.2. The van der Waals surface area contributed by atoms with Crippen LogP contribution in [-0.2, 0) is 9.59 Å². The second kappa shape index (κ2) is 12.4. The second-order valence-corrected chi connectivity index (χ2v) is 8.46. The van der Waals surface area contributed by atoms with Crippen molar-refractivity contribution in [1.29, 1.82) is 0 Å². The molecule has 0 radical (unpaired) electrons. The number of benzene rings is 2. The summed E-state index contributed by atoms with van der Waals surface area (Å²) >= 11 is 1.13. The molecular weight excluding hydrogens is 480 g/mol. The number of nitro benzene ring substituents is 2. The molecule has 2 aromatic rings. The van der Waals surface area contributed by atoms with Crippen LogP contribution in [0.3, 0.4) is 0 Å². The van der Waals surface area contributed by atoms with Crippen molar-refractivity contribution >= 4 is 46.5 Å². The summed E-state index contributed by atoms with van der Waals surface area (Å²) < 4.78 is 0. The van der Waals surface area contributed by atoms with Crippen LogP contribution in [0, 0.1) is 20.2 Å². The molecule has 2 N–H and O–H groups in total. The molecule has 2 rings (SSSR count).